The maximum atomic E-state index is 12.9. The molecule has 8 heteroatoms. The van der Waals surface area contributed by atoms with Crippen LogP contribution in [0.15, 0.2) is 53.4 Å². The van der Waals surface area contributed by atoms with Crippen LogP contribution in [0.5, 0.6) is 0 Å². The third-order valence-corrected chi connectivity index (χ3v) is 5.64. The molecule has 28 heavy (non-hydrogen) atoms. The molecule has 3 rings (SSSR count). The van der Waals surface area contributed by atoms with Crippen molar-refractivity contribution < 1.29 is 14.0 Å². The molecule has 0 radical (unpaired) electrons. The largest absolute Gasteiger partial charge is 0.339 e. The molecule has 1 fully saturated rings. The van der Waals surface area contributed by atoms with E-state index in [1.54, 1.807) is 0 Å². The first kappa shape index (κ1) is 20.6. The molecule has 1 N–H and O–H groups in total. The van der Waals surface area contributed by atoms with E-state index in [9.17, 15) is 14.0 Å². The number of halogens is 2. The van der Waals surface area contributed by atoms with Gasteiger partial charge in [0.15, 0.2) is 0 Å². The van der Waals surface area contributed by atoms with Crippen LogP contribution < -0.4 is 5.32 Å². The summed E-state index contributed by atoms with van der Waals surface area (Å²) in [5.74, 6) is -0.0137. The summed E-state index contributed by atoms with van der Waals surface area (Å²) in [7, 11) is 0. The van der Waals surface area contributed by atoms with Crippen LogP contribution in [-0.4, -0.2) is 60.1 Å². The number of benzene rings is 2. The normalized spacial score (nSPS) is 14.7. The van der Waals surface area contributed by atoms with Gasteiger partial charge in [0.2, 0.25) is 11.8 Å². The van der Waals surface area contributed by atoms with Gasteiger partial charge in [0, 0.05) is 41.8 Å². The predicted molar refractivity (Wildman–Crippen MR) is 110 cm³/mol. The summed E-state index contributed by atoms with van der Waals surface area (Å²) >= 11 is 7.35. The van der Waals surface area contributed by atoms with Crippen LogP contribution in [0.2, 0.25) is 5.02 Å². The van der Waals surface area contributed by atoms with Crippen molar-refractivity contribution in [2.24, 2.45) is 0 Å². The Kier molecular flexibility index (Phi) is 7.30. The number of rotatable bonds is 6. The van der Waals surface area contributed by atoms with Gasteiger partial charge in [-0.15, -0.1) is 11.8 Å². The van der Waals surface area contributed by atoms with Gasteiger partial charge in [-0.2, -0.15) is 0 Å². The topological polar surface area (TPSA) is 52.7 Å². The Labute approximate surface area is 172 Å². The Morgan fingerprint density at radius 1 is 1.00 bits per heavy atom. The zero-order valence-electron chi connectivity index (χ0n) is 15.2. The lowest BCUT2D eigenvalue weighted by Crippen LogP contribution is -2.50. The van der Waals surface area contributed by atoms with Gasteiger partial charge in [0.25, 0.3) is 0 Å². The Morgan fingerprint density at radius 3 is 2.29 bits per heavy atom. The number of nitrogens with zero attached hydrogens (tertiary/aromatic N) is 2. The van der Waals surface area contributed by atoms with E-state index in [1.807, 2.05) is 34.1 Å². The van der Waals surface area contributed by atoms with Crippen molar-refractivity contribution in [2.75, 3.05) is 43.8 Å². The summed E-state index contributed by atoms with van der Waals surface area (Å²) in [5.41, 5.74) is 0.569. The lowest BCUT2D eigenvalue weighted by Gasteiger charge is -2.34. The summed E-state index contributed by atoms with van der Waals surface area (Å²) in [4.78, 5) is 29.4. The van der Waals surface area contributed by atoms with Crippen molar-refractivity contribution in [1.82, 2.24) is 9.80 Å². The zero-order valence-corrected chi connectivity index (χ0v) is 16.8. The number of thioether (sulfide) groups is 1. The molecule has 148 valence electrons. The second-order valence-electron chi connectivity index (χ2n) is 6.45. The Morgan fingerprint density at radius 2 is 1.64 bits per heavy atom. The monoisotopic (exact) mass is 421 g/mol. The van der Waals surface area contributed by atoms with E-state index in [-0.39, 0.29) is 24.2 Å². The number of hydrogen-bond donors (Lipinski definition) is 1. The fraction of sp³-hybridized carbons (Fsp3) is 0.300. The minimum atomic E-state index is -0.340. The number of nitrogens with one attached hydrogen (secondary N) is 1. The van der Waals surface area contributed by atoms with E-state index in [0.29, 0.717) is 42.6 Å². The average Bonchev–Trinajstić information content (AvgIpc) is 2.69. The summed E-state index contributed by atoms with van der Waals surface area (Å²) in [5, 5.41) is 3.43. The van der Waals surface area contributed by atoms with Gasteiger partial charge < -0.3 is 10.2 Å². The molecule has 0 saturated carbocycles. The molecule has 0 aliphatic carbocycles. The van der Waals surface area contributed by atoms with E-state index in [1.165, 1.54) is 36.0 Å². The lowest BCUT2D eigenvalue weighted by atomic mass is 10.3. The van der Waals surface area contributed by atoms with E-state index < -0.39 is 0 Å². The predicted octanol–water partition coefficient (Wildman–Crippen LogP) is 3.35. The van der Waals surface area contributed by atoms with E-state index in [2.05, 4.69) is 5.32 Å². The first-order valence-corrected chi connectivity index (χ1v) is 10.3. The summed E-state index contributed by atoms with van der Waals surface area (Å²) < 4.78 is 12.9. The molecule has 0 bridgehead atoms. The van der Waals surface area contributed by atoms with Crippen LogP contribution in [0, 0.1) is 5.82 Å². The van der Waals surface area contributed by atoms with Gasteiger partial charge in [0.1, 0.15) is 5.82 Å². The number of carbonyl (C=O) groups is 2. The first-order chi connectivity index (χ1) is 13.5. The number of anilines is 1. The SMILES string of the molecule is O=C(CN1CCN(C(=O)CSc2ccc(Cl)cc2)CC1)Nc1ccc(F)cc1. The molecule has 1 aliphatic heterocycles. The lowest BCUT2D eigenvalue weighted by molar-refractivity contribution is -0.130. The minimum absolute atomic E-state index is 0.0929. The van der Waals surface area contributed by atoms with Crippen LogP contribution in [0.25, 0.3) is 0 Å². The van der Waals surface area contributed by atoms with Crippen LogP contribution in [0.3, 0.4) is 0 Å². The third-order valence-electron chi connectivity index (χ3n) is 4.40. The molecule has 2 aromatic carbocycles. The maximum absolute atomic E-state index is 12.9. The molecule has 0 spiro atoms. The van der Waals surface area contributed by atoms with Crippen molar-refractivity contribution in [2.45, 2.75) is 4.90 Å². The van der Waals surface area contributed by atoms with Gasteiger partial charge in [0.05, 0.1) is 12.3 Å². The quantitative estimate of drug-likeness (QED) is 0.727. The second kappa shape index (κ2) is 9.91. The smallest absolute Gasteiger partial charge is 0.238 e. The van der Waals surface area contributed by atoms with E-state index >= 15 is 0 Å². The zero-order chi connectivity index (χ0) is 19.9. The number of carbonyl (C=O) groups excluding carboxylic acids is 2. The Bertz CT molecular complexity index is 809. The highest BCUT2D eigenvalue weighted by atomic mass is 35.5. The maximum Gasteiger partial charge on any atom is 0.238 e. The standard InChI is InChI=1S/C20H21ClFN3O2S/c21-15-1-7-18(8-2-15)28-14-20(27)25-11-9-24(10-12-25)13-19(26)23-17-5-3-16(22)4-6-17/h1-8H,9-14H2,(H,23,26). The molecule has 5 nitrogen and oxygen atoms in total. The van der Waals surface area contributed by atoms with Crippen molar-refractivity contribution >= 4 is 40.9 Å². The van der Waals surface area contributed by atoms with E-state index in [4.69, 9.17) is 11.6 Å². The molecular weight excluding hydrogens is 401 g/mol. The molecular formula is C20H21ClFN3O2S. The van der Waals surface area contributed by atoms with Gasteiger partial charge in [-0.1, -0.05) is 11.6 Å². The summed E-state index contributed by atoms with van der Waals surface area (Å²) in [6.45, 7) is 2.75. The molecule has 0 unspecified atom stereocenters. The highest BCUT2D eigenvalue weighted by Crippen LogP contribution is 2.21. The Hall–Kier alpha value is -2.09. The van der Waals surface area contributed by atoms with Crippen molar-refractivity contribution in [3.05, 3.63) is 59.4 Å². The van der Waals surface area contributed by atoms with E-state index in [0.717, 1.165) is 4.90 Å². The first-order valence-electron chi connectivity index (χ1n) is 8.93. The molecule has 0 atom stereocenters. The highest BCUT2D eigenvalue weighted by Gasteiger charge is 2.22. The Balaban J connectivity index is 1.38. The molecule has 1 aliphatic rings. The average molecular weight is 422 g/mol. The number of hydrogen-bond acceptors (Lipinski definition) is 4. The molecule has 2 aromatic rings. The summed E-state index contributed by atoms with van der Waals surface area (Å²) in [6, 6.07) is 13.1. The molecule has 2 amide bonds. The molecule has 1 saturated heterocycles. The number of amides is 2. The second-order valence-corrected chi connectivity index (χ2v) is 7.94. The minimum Gasteiger partial charge on any atom is -0.339 e. The van der Waals surface area contributed by atoms with Crippen molar-refractivity contribution in [3.63, 3.8) is 0 Å². The number of piperazine rings is 1. The van der Waals surface area contributed by atoms with Gasteiger partial charge in [-0.3, -0.25) is 14.5 Å². The van der Waals surface area contributed by atoms with Gasteiger partial charge in [-0.25, -0.2) is 4.39 Å². The third kappa shape index (κ3) is 6.22. The van der Waals surface area contributed by atoms with Crippen LogP contribution in [-0.2, 0) is 9.59 Å². The van der Waals surface area contributed by atoms with Crippen molar-refractivity contribution in [1.29, 1.82) is 0 Å². The fourth-order valence-corrected chi connectivity index (χ4v) is 3.79. The molecule has 1 heterocycles. The van der Waals surface area contributed by atoms with Crippen molar-refractivity contribution in [3.8, 4) is 0 Å². The van der Waals surface area contributed by atoms with Crippen LogP contribution in [0.4, 0.5) is 10.1 Å². The molecule has 0 aromatic heterocycles. The van der Waals surface area contributed by atoms with Gasteiger partial charge in [-0.05, 0) is 48.5 Å². The fourth-order valence-electron chi connectivity index (χ4n) is 2.86. The van der Waals surface area contributed by atoms with Crippen LogP contribution in [0.1, 0.15) is 0 Å². The van der Waals surface area contributed by atoms with Crippen LogP contribution >= 0.6 is 23.4 Å². The summed E-state index contributed by atoms with van der Waals surface area (Å²) in [6.07, 6.45) is 0. The highest BCUT2D eigenvalue weighted by molar-refractivity contribution is 8.00. The van der Waals surface area contributed by atoms with Gasteiger partial charge >= 0.3 is 0 Å².